The molecule has 7 heteroatoms. The molecule has 4 rings (SSSR count). The zero-order chi connectivity index (χ0) is 19.5. The minimum atomic E-state index is -0.188. The van der Waals surface area contributed by atoms with Crippen molar-refractivity contribution in [3.05, 3.63) is 76.2 Å². The molecule has 0 fully saturated rings. The Balaban J connectivity index is 1.63. The predicted octanol–water partition coefficient (Wildman–Crippen LogP) is 5.49. The Kier molecular flexibility index (Phi) is 5.36. The van der Waals surface area contributed by atoms with Gasteiger partial charge in [0.25, 0.3) is 5.91 Å². The Morgan fingerprint density at radius 3 is 2.64 bits per heavy atom. The van der Waals surface area contributed by atoms with Crippen molar-refractivity contribution in [3.63, 3.8) is 0 Å². The molecule has 0 spiro atoms. The van der Waals surface area contributed by atoms with Gasteiger partial charge < -0.3 is 0 Å². The van der Waals surface area contributed by atoms with Crippen LogP contribution in [0.1, 0.15) is 41.4 Å². The molecule has 0 radical (unpaired) electrons. The standard InChI is InChI=1S/C21H20N4OS2/c1-14(2)17-13-28-21(22-17)23-20(26)16-12-25(11-15-7-4-3-5-8-15)24-19(16)18-9-6-10-27-18/h3-10,12-14H,11H2,1-2H3,(H,22,23,26). The van der Waals surface area contributed by atoms with E-state index in [9.17, 15) is 4.79 Å². The van der Waals surface area contributed by atoms with Gasteiger partial charge >= 0.3 is 0 Å². The lowest BCUT2D eigenvalue weighted by Crippen LogP contribution is -2.12. The molecule has 0 aliphatic heterocycles. The third-order valence-electron chi connectivity index (χ3n) is 4.28. The molecular formula is C21H20N4OS2. The lowest BCUT2D eigenvalue weighted by Gasteiger charge is -2.01. The molecule has 1 aromatic carbocycles. The number of aromatic nitrogens is 3. The van der Waals surface area contributed by atoms with Crippen LogP contribution in [-0.4, -0.2) is 20.7 Å². The van der Waals surface area contributed by atoms with E-state index in [1.807, 2.05) is 52.0 Å². The quantitative estimate of drug-likeness (QED) is 0.459. The summed E-state index contributed by atoms with van der Waals surface area (Å²) in [6, 6.07) is 14.0. The number of rotatable bonds is 6. The fraction of sp³-hybridized carbons (Fsp3) is 0.190. The van der Waals surface area contributed by atoms with Gasteiger partial charge in [0.15, 0.2) is 5.13 Å². The van der Waals surface area contributed by atoms with E-state index in [0.717, 1.165) is 16.1 Å². The molecule has 0 atom stereocenters. The summed E-state index contributed by atoms with van der Waals surface area (Å²) in [6.07, 6.45) is 1.81. The summed E-state index contributed by atoms with van der Waals surface area (Å²) in [5, 5.41) is 12.2. The second-order valence-electron chi connectivity index (χ2n) is 6.74. The summed E-state index contributed by atoms with van der Waals surface area (Å²) in [6.45, 7) is 4.79. The smallest absolute Gasteiger partial charge is 0.261 e. The van der Waals surface area contributed by atoms with Crippen LogP contribution >= 0.6 is 22.7 Å². The Hall–Kier alpha value is -2.77. The van der Waals surface area contributed by atoms with Crippen molar-refractivity contribution in [2.24, 2.45) is 0 Å². The number of carbonyl (C=O) groups excluding carboxylic acids is 1. The first kappa shape index (κ1) is 18.6. The van der Waals surface area contributed by atoms with E-state index in [1.165, 1.54) is 11.3 Å². The zero-order valence-corrected chi connectivity index (χ0v) is 17.3. The molecule has 3 aromatic heterocycles. The van der Waals surface area contributed by atoms with Gasteiger partial charge in [0.05, 0.1) is 22.7 Å². The van der Waals surface area contributed by atoms with Gasteiger partial charge in [0.1, 0.15) is 5.69 Å². The number of nitrogens with zero attached hydrogens (tertiary/aromatic N) is 3. The molecule has 0 aliphatic carbocycles. The Morgan fingerprint density at radius 1 is 1.14 bits per heavy atom. The molecule has 28 heavy (non-hydrogen) atoms. The highest BCUT2D eigenvalue weighted by atomic mass is 32.1. The number of amides is 1. The number of hydrogen-bond acceptors (Lipinski definition) is 5. The van der Waals surface area contributed by atoms with E-state index >= 15 is 0 Å². The van der Waals surface area contributed by atoms with Crippen molar-refractivity contribution < 1.29 is 4.79 Å². The number of thiazole rings is 1. The largest absolute Gasteiger partial charge is 0.298 e. The summed E-state index contributed by atoms with van der Waals surface area (Å²) < 4.78 is 1.82. The van der Waals surface area contributed by atoms with Crippen LogP contribution < -0.4 is 5.32 Å². The molecule has 0 aliphatic rings. The minimum absolute atomic E-state index is 0.188. The highest BCUT2D eigenvalue weighted by molar-refractivity contribution is 7.14. The number of benzene rings is 1. The van der Waals surface area contributed by atoms with E-state index in [2.05, 4.69) is 36.3 Å². The van der Waals surface area contributed by atoms with Gasteiger partial charge in [-0.1, -0.05) is 50.2 Å². The first-order valence-electron chi connectivity index (χ1n) is 9.02. The van der Waals surface area contributed by atoms with Gasteiger partial charge in [0, 0.05) is 11.6 Å². The highest BCUT2D eigenvalue weighted by Crippen LogP contribution is 2.28. The fourth-order valence-corrected chi connectivity index (χ4v) is 4.40. The van der Waals surface area contributed by atoms with Crippen molar-refractivity contribution >= 4 is 33.7 Å². The van der Waals surface area contributed by atoms with Crippen LogP contribution in [0, 0.1) is 0 Å². The first-order valence-corrected chi connectivity index (χ1v) is 10.8. The van der Waals surface area contributed by atoms with Gasteiger partial charge in [-0.25, -0.2) is 4.98 Å². The van der Waals surface area contributed by atoms with Gasteiger partial charge in [0.2, 0.25) is 0 Å². The third-order valence-corrected chi connectivity index (χ3v) is 5.93. The number of hydrogen-bond donors (Lipinski definition) is 1. The Labute approximate surface area is 171 Å². The maximum Gasteiger partial charge on any atom is 0.261 e. The molecule has 3 heterocycles. The van der Waals surface area contributed by atoms with Crippen LogP contribution in [0.4, 0.5) is 5.13 Å². The number of thiophene rings is 1. The normalized spacial score (nSPS) is 11.1. The van der Waals surface area contributed by atoms with E-state index in [1.54, 1.807) is 11.3 Å². The van der Waals surface area contributed by atoms with Crippen LogP contribution in [0.5, 0.6) is 0 Å². The second kappa shape index (κ2) is 8.08. The maximum absolute atomic E-state index is 13.0. The summed E-state index contributed by atoms with van der Waals surface area (Å²) in [5.74, 6) is 0.143. The molecule has 0 unspecified atom stereocenters. The average Bonchev–Trinajstić information content (AvgIpc) is 3.43. The molecular weight excluding hydrogens is 388 g/mol. The Morgan fingerprint density at radius 2 is 1.96 bits per heavy atom. The first-order chi connectivity index (χ1) is 13.6. The summed E-state index contributed by atoms with van der Waals surface area (Å²) in [7, 11) is 0. The van der Waals surface area contributed by atoms with Crippen LogP contribution in [0.15, 0.2) is 59.4 Å². The van der Waals surface area contributed by atoms with Crippen molar-refractivity contribution in [1.29, 1.82) is 0 Å². The summed E-state index contributed by atoms with van der Waals surface area (Å²) >= 11 is 3.02. The van der Waals surface area contributed by atoms with Gasteiger partial charge in [-0.15, -0.1) is 22.7 Å². The average molecular weight is 409 g/mol. The molecule has 4 aromatic rings. The maximum atomic E-state index is 13.0. The van der Waals surface area contributed by atoms with Gasteiger partial charge in [-0.3, -0.25) is 14.8 Å². The third kappa shape index (κ3) is 4.05. The molecule has 142 valence electrons. The van der Waals surface area contributed by atoms with Gasteiger partial charge in [-0.2, -0.15) is 5.10 Å². The lowest BCUT2D eigenvalue weighted by atomic mass is 10.2. The van der Waals surface area contributed by atoms with E-state index in [0.29, 0.717) is 28.9 Å². The van der Waals surface area contributed by atoms with Crippen molar-refractivity contribution in [3.8, 4) is 10.6 Å². The van der Waals surface area contributed by atoms with Crippen molar-refractivity contribution in [2.75, 3.05) is 5.32 Å². The molecule has 0 saturated heterocycles. The molecule has 1 amide bonds. The highest BCUT2D eigenvalue weighted by Gasteiger charge is 2.20. The molecule has 5 nitrogen and oxygen atoms in total. The predicted molar refractivity (Wildman–Crippen MR) is 115 cm³/mol. The lowest BCUT2D eigenvalue weighted by molar-refractivity contribution is 0.102. The topological polar surface area (TPSA) is 59.8 Å². The number of nitrogens with one attached hydrogen (secondary N) is 1. The fourth-order valence-electron chi connectivity index (χ4n) is 2.81. The monoisotopic (exact) mass is 408 g/mol. The molecule has 0 saturated carbocycles. The van der Waals surface area contributed by atoms with Crippen LogP contribution in [0.3, 0.4) is 0 Å². The van der Waals surface area contributed by atoms with Crippen LogP contribution in [0.25, 0.3) is 10.6 Å². The summed E-state index contributed by atoms with van der Waals surface area (Å²) in [4.78, 5) is 18.5. The minimum Gasteiger partial charge on any atom is -0.298 e. The number of anilines is 1. The van der Waals surface area contributed by atoms with Crippen molar-refractivity contribution in [1.82, 2.24) is 14.8 Å². The van der Waals surface area contributed by atoms with E-state index < -0.39 is 0 Å². The Bertz CT molecular complexity index is 1070. The van der Waals surface area contributed by atoms with Gasteiger partial charge in [-0.05, 0) is 22.9 Å². The summed E-state index contributed by atoms with van der Waals surface area (Å²) in [5.41, 5.74) is 3.37. The second-order valence-corrected chi connectivity index (χ2v) is 8.54. The van der Waals surface area contributed by atoms with Crippen LogP contribution in [-0.2, 0) is 6.54 Å². The zero-order valence-electron chi connectivity index (χ0n) is 15.6. The van der Waals surface area contributed by atoms with E-state index in [-0.39, 0.29) is 5.91 Å². The van der Waals surface area contributed by atoms with Crippen molar-refractivity contribution in [2.45, 2.75) is 26.3 Å². The number of carbonyl (C=O) groups is 1. The van der Waals surface area contributed by atoms with E-state index in [4.69, 9.17) is 5.10 Å². The SMILES string of the molecule is CC(C)c1csc(NC(=O)c2cn(Cc3ccccc3)nc2-c2cccs2)n1. The van der Waals surface area contributed by atoms with Crippen LogP contribution in [0.2, 0.25) is 0 Å². The molecule has 1 N–H and O–H groups in total. The molecule has 0 bridgehead atoms.